The molecule has 0 bridgehead atoms. The lowest BCUT2D eigenvalue weighted by Crippen LogP contribution is -2.41. The molecule has 0 aliphatic heterocycles. The Kier molecular flexibility index (Phi) is 7.02. The molecule has 0 spiro atoms. The van der Waals surface area contributed by atoms with Crippen LogP contribution in [0.3, 0.4) is 0 Å². The predicted molar refractivity (Wildman–Crippen MR) is 126 cm³/mol. The van der Waals surface area contributed by atoms with Crippen LogP contribution in [-0.4, -0.2) is 28.9 Å². The number of carbonyl (C=O) groups is 3. The van der Waals surface area contributed by atoms with E-state index in [-0.39, 0.29) is 11.6 Å². The van der Waals surface area contributed by atoms with Gasteiger partial charge in [0.15, 0.2) is 0 Å². The Labute approximate surface area is 193 Å². The van der Waals surface area contributed by atoms with E-state index in [0.29, 0.717) is 28.2 Å². The Balaban J connectivity index is 1.94. The molecule has 3 amide bonds. The highest BCUT2D eigenvalue weighted by Gasteiger charge is 2.21. The first-order chi connectivity index (χ1) is 14.7. The Hall–Kier alpha value is -2.84. The molecule has 1 aromatic heterocycles. The van der Waals surface area contributed by atoms with Crippen molar-refractivity contribution in [2.75, 3.05) is 17.3 Å². The molecule has 0 radical (unpaired) electrons. The number of nitrogens with zero attached hydrogens (tertiary/aromatic N) is 1. The number of hydrogen-bond donors (Lipinski definition) is 3. The third-order valence-electron chi connectivity index (χ3n) is 4.46. The van der Waals surface area contributed by atoms with Crippen LogP contribution in [0.25, 0.3) is 10.9 Å². The molecule has 0 atom stereocenters. The van der Waals surface area contributed by atoms with Gasteiger partial charge in [-0.3, -0.25) is 19.8 Å². The van der Waals surface area contributed by atoms with Crippen molar-refractivity contribution in [1.29, 1.82) is 0 Å². The summed E-state index contributed by atoms with van der Waals surface area (Å²) in [6, 6.07) is 12.1. The second-order valence-electron chi connectivity index (χ2n) is 7.55. The Morgan fingerprint density at radius 1 is 1.06 bits per heavy atom. The molecule has 0 saturated carbocycles. The van der Waals surface area contributed by atoms with Crippen LogP contribution < -0.4 is 16.1 Å². The fourth-order valence-electron chi connectivity index (χ4n) is 2.91. The van der Waals surface area contributed by atoms with Gasteiger partial charge in [0.25, 0.3) is 5.91 Å². The van der Waals surface area contributed by atoms with Crippen molar-refractivity contribution in [2.45, 2.75) is 20.8 Å². The van der Waals surface area contributed by atoms with Crippen molar-refractivity contribution in [2.24, 2.45) is 5.92 Å². The zero-order valence-corrected chi connectivity index (χ0v) is 19.6. The van der Waals surface area contributed by atoms with Crippen LogP contribution in [0.15, 0.2) is 46.9 Å². The molecule has 0 unspecified atom stereocenters. The molecule has 7 nitrogen and oxygen atoms in total. The van der Waals surface area contributed by atoms with Crippen LogP contribution in [0.4, 0.5) is 5.69 Å². The molecule has 1 heterocycles. The number of carbonyl (C=O) groups excluding carboxylic acids is 3. The van der Waals surface area contributed by atoms with E-state index in [4.69, 9.17) is 11.6 Å². The second-order valence-corrected chi connectivity index (χ2v) is 8.84. The quantitative estimate of drug-likeness (QED) is 0.447. The molecule has 0 aliphatic rings. The van der Waals surface area contributed by atoms with E-state index in [0.717, 1.165) is 10.0 Å². The largest absolute Gasteiger partial charge is 0.348 e. The van der Waals surface area contributed by atoms with Crippen LogP contribution in [0.1, 0.15) is 29.9 Å². The van der Waals surface area contributed by atoms with Crippen LogP contribution in [0.2, 0.25) is 5.02 Å². The third-order valence-corrected chi connectivity index (χ3v) is 5.35. The van der Waals surface area contributed by atoms with Crippen molar-refractivity contribution in [1.82, 2.24) is 9.99 Å². The summed E-state index contributed by atoms with van der Waals surface area (Å²) in [7, 11) is 0. The van der Waals surface area contributed by atoms with Gasteiger partial charge in [-0.15, -0.1) is 0 Å². The minimum atomic E-state index is -0.876. The van der Waals surface area contributed by atoms with Gasteiger partial charge in [-0.05, 0) is 70.7 Å². The van der Waals surface area contributed by atoms with Gasteiger partial charge in [0.2, 0.25) is 0 Å². The summed E-state index contributed by atoms with van der Waals surface area (Å²) in [4.78, 5) is 37.7. The van der Waals surface area contributed by atoms with E-state index >= 15 is 0 Å². The molecular formula is C22H22BrClN4O3. The average molecular weight is 506 g/mol. The first kappa shape index (κ1) is 22.8. The number of halogens is 2. The highest BCUT2D eigenvalue weighted by atomic mass is 79.9. The fraction of sp³-hybridized carbons (Fsp3) is 0.227. The maximum absolute atomic E-state index is 13.1. The highest BCUT2D eigenvalue weighted by molar-refractivity contribution is 9.10. The lowest BCUT2D eigenvalue weighted by atomic mass is 10.2. The molecule has 162 valence electrons. The SMILES string of the molecule is Cc1ccc(NC(=O)c2cc3cc(Cl)ccc3n2NC(=O)C(=O)NCC(C)C)c(Br)c1. The molecule has 0 aliphatic carbocycles. The smallest absolute Gasteiger partial charge is 0.328 e. The number of rotatable bonds is 5. The summed E-state index contributed by atoms with van der Waals surface area (Å²) in [5.41, 5.74) is 4.81. The number of anilines is 1. The van der Waals surface area contributed by atoms with Crippen LogP contribution in [-0.2, 0) is 9.59 Å². The van der Waals surface area contributed by atoms with Crippen molar-refractivity contribution in [3.05, 3.63) is 63.2 Å². The summed E-state index contributed by atoms with van der Waals surface area (Å²) in [5, 5.41) is 6.51. The number of hydrogen-bond acceptors (Lipinski definition) is 3. The van der Waals surface area contributed by atoms with E-state index in [2.05, 4.69) is 32.0 Å². The number of benzene rings is 2. The first-order valence-corrected chi connectivity index (χ1v) is 10.8. The number of amides is 3. The van der Waals surface area contributed by atoms with Crippen molar-refractivity contribution >= 4 is 61.8 Å². The number of nitrogens with one attached hydrogen (secondary N) is 3. The molecule has 3 N–H and O–H groups in total. The lowest BCUT2D eigenvalue weighted by Gasteiger charge is -2.14. The summed E-state index contributed by atoms with van der Waals surface area (Å²) < 4.78 is 2.02. The average Bonchev–Trinajstić information content (AvgIpc) is 3.05. The third kappa shape index (κ3) is 5.45. The summed E-state index contributed by atoms with van der Waals surface area (Å²) in [6.45, 7) is 6.15. The van der Waals surface area contributed by atoms with E-state index in [1.165, 1.54) is 4.68 Å². The molecule has 0 saturated heterocycles. The fourth-order valence-corrected chi connectivity index (χ4v) is 3.68. The highest BCUT2D eigenvalue weighted by Crippen LogP contribution is 2.26. The molecular weight excluding hydrogens is 484 g/mol. The topological polar surface area (TPSA) is 92.2 Å². The van der Waals surface area contributed by atoms with E-state index in [9.17, 15) is 14.4 Å². The molecule has 31 heavy (non-hydrogen) atoms. The van der Waals surface area contributed by atoms with Gasteiger partial charge in [-0.2, -0.15) is 0 Å². The number of aromatic nitrogens is 1. The predicted octanol–water partition coefficient (Wildman–Crippen LogP) is 4.46. The molecule has 3 aromatic rings. The monoisotopic (exact) mass is 504 g/mol. The van der Waals surface area contributed by atoms with Gasteiger partial charge in [-0.1, -0.05) is 31.5 Å². The normalized spacial score (nSPS) is 10.9. The van der Waals surface area contributed by atoms with Crippen LogP contribution in [0.5, 0.6) is 0 Å². The Morgan fingerprint density at radius 2 is 1.81 bits per heavy atom. The molecule has 3 rings (SSSR count). The van der Waals surface area contributed by atoms with E-state index < -0.39 is 17.7 Å². The summed E-state index contributed by atoms with van der Waals surface area (Å²) in [6.07, 6.45) is 0. The summed E-state index contributed by atoms with van der Waals surface area (Å²) >= 11 is 9.52. The van der Waals surface area contributed by atoms with Gasteiger partial charge in [0, 0.05) is 21.4 Å². The zero-order valence-electron chi connectivity index (χ0n) is 17.3. The maximum Gasteiger partial charge on any atom is 0.328 e. The summed E-state index contributed by atoms with van der Waals surface area (Å²) in [5.74, 6) is -1.92. The molecule has 0 fully saturated rings. The van der Waals surface area contributed by atoms with Crippen molar-refractivity contribution < 1.29 is 14.4 Å². The standard InChI is InChI=1S/C22H22BrClN4O3/c1-12(2)11-25-21(30)22(31)27-28-18-7-5-15(24)9-14(18)10-19(28)20(29)26-17-6-4-13(3)8-16(17)23/h4-10,12H,11H2,1-3H3,(H,25,30)(H,26,29)(H,27,31). The zero-order chi connectivity index (χ0) is 22.7. The van der Waals surface area contributed by atoms with Gasteiger partial charge in [0.05, 0.1) is 11.2 Å². The number of aryl methyl sites for hydroxylation is 1. The maximum atomic E-state index is 13.1. The van der Waals surface area contributed by atoms with Crippen molar-refractivity contribution in [3.63, 3.8) is 0 Å². The van der Waals surface area contributed by atoms with Gasteiger partial charge >= 0.3 is 11.8 Å². The van der Waals surface area contributed by atoms with E-state index in [1.54, 1.807) is 30.3 Å². The molecule has 2 aromatic carbocycles. The van der Waals surface area contributed by atoms with Crippen LogP contribution >= 0.6 is 27.5 Å². The Morgan fingerprint density at radius 3 is 2.48 bits per heavy atom. The van der Waals surface area contributed by atoms with Crippen molar-refractivity contribution in [3.8, 4) is 0 Å². The minimum absolute atomic E-state index is 0.148. The molecule has 9 heteroatoms. The van der Waals surface area contributed by atoms with Crippen LogP contribution in [0, 0.1) is 12.8 Å². The first-order valence-electron chi connectivity index (χ1n) is 9.63. The van der Waals surface area contributed by atoms with Gasteiger partial charge < -0.3 is 10.6 Å². The van der Waals surface area contributed by atoms with E-state index in [1.807, 2.05) is 32.9 Å². The Bertz CT molecular complexity index is 1170. The lowest BCUT2D eigenvalue weighted by molar-refractivity contribution is -0.136. The van der Waals surface area contributed by atoms with Gasteiger partial charge in [0.1, 0.15) is 5.69 Å². The van der Waals surface area contributed by atoms with Gasteiger partial charge in [-0.25, -0.2) is 4.68 Å². The number of fused-ring (bicyclic) bond motifs is 1. The second kappa shape index (κ2) is 9.53. The minimum Gasteiger partial charge on any atom is -0.348 e.